The van der Waals surface area contributed by atoms with Crippen molar-refractivity contribution < 1.29 is 37.2 Å². The van der Waals surface area contributed by atoms with E-state index in [9.17, 15) is 18.8 Å². The predicted molar refractivity (Wildman–Crippen MR) is 188 cm³/mol. The van der Waals surface area contributed by atoms with Gasteiger partial charge in [0.25, 0.3) is 0 Å². The lowest BCUT2D eigenvalue weighted by Gasteiger charge is -2.22. The van der Waals surface area contributed by atoms with E-state index in [-0.39, 0.29) is 53.7 Å². The van der Waals surface area contributed by atoms with E-state index in [4.69, 9.17) is 23.4 Å². The van der Waals surface area contributed by atoms with Gasteiger partial charge in [-0.05, 0) is 67.0 Å². The van der Waals surface area contributed by atoms with Crippen LogP contribution in [-0.2, 0) is 20.8 Å². The number of benzene rings is 1. The average molecular weight is 712 g/mol. The van der Waals surface area contributed by atoms with Crippen LogP contribution in [0.1, 0.15) is 71.3 Å². The minimum absolute atomic E-state index is 0.0387. The van der Waals surface area contributed by atoms with Crippen molar-refractivity contribution in [3.63, 3.8) is 0 Å². The lowest BCUT2D eigenvalue weighted by atomic mass is 10.1. The number of hydrogen-bond donors (Lipinski definition) is 3. The van der Waals surface area contributed by atoms with Gasteiger partial charge in [0.15, 0.2) is 11.5 Å². The molecule has 0 saturated carbocycles. The molecule has 14 nitrogen and oxygen atoms in total. The highest BCUT2D eigenvalue weighted by Gasteiger charge is 2.27. The van der Waals surface area contributed by atoms with Crippen molar-refractivity contribution in [2.24, 2.45) is 0 Å². The van der Waals surface area contributed by atoms with Crippen LogP contribution in [0.4, 0.5) is 25.6 Å². The first-order chi connectivity index (χ1) is 23.5. The van der Waals surface area contributed by atoms with Gasteiger partial charge in [-0.15, -0.1) is 0 Å². The van der Waals surface area contributed by atoms with Gasteiger partial charge < -0.3 is 29.0 Å². The van der Waals surface area contributed by atoms with Crippen molar-refractivity contribution in [1.82, 2.24) is 24.9 Å². The van der Waals surface area contributed by atoms with Crippen molar-refractivity contribution in [3.05, 3.63) is 65.7 Å². The van der Waals surface area contributed by atoms with E-state index in [1.807, 2.05) is 37.3 Å². The zero-order valence-corrected chi connectivity index (χ0v) is 30.1. The minimum atomic E-state index is -0.813. The van der Waals surface area contributed by atoms with Crippen LogP contribution >= 0.6 is 12.0 Å². The van der Waals surface area contributed by atoms with Gasteiger partial charge in [0.05, 0.1) is 41.9 Å². The fourth-order valence-corrected chi connectivity index (χ4v) is 4.98. The Kier molecular flexibility index (Phi) is 12.1. The van der Waals surface area contributed by atoms with Crippen LogP contribution < -0.4 is 20.1 Å². The Hall–Kier alpha value is -5.12. The second-order valence-electron chi connectivity index (χ2n) is 13.0. The number of carbonyl (C=O) groups excluding carboxylic acids is 3. The Morgan fingerprint density at radius 2 is 1.68 bits per heavy atom. The highest BCUT2D eigenvalue weighted by atomic mass is 32.2. The SMILES string of the molecule is CCOC(=O)c1cnn2c(NC(=O)OC(C)(C)C)c(-c3ccccc3)c(NCc3cc(F)cnc3OSC(C)CNC(=O)OC(C)(C)C)nc12. The maximum atomic E-state index is 14.5. The highest BCUT2D eigenvalue weighted by Crippen LogP contribution is 2.36. The third-order valence-electron chi connectivity index (χ3n) is 6.39. The number of hydrogen-bond acceptors (Lipinski definition) is 12. The first-order valence-electron chi connectivity index (χ1n) is 15.9. The van der Waals surface area contributed by atoms with Crippen LogP contribution in [0, 0.1) is 5.82 Å². The maximum absolute atomic E-state index is 14.5. The molecule has 3 heterocycles. The third-order valence-corrected chi connectivity index (χ3v) is 7.14. The molecule has 0 saturated heterocycles. The number of aromatic nitrogens is 4. The quantitative estimate of drug-likeness (QED) is 0.0783. The molecule has 0 aliphatic carbocycles. The van der Waals surface area contributed by atoms with E-state index in [0.717, 1.165) is 18.2 Å². The van der Waals surface area contributed by atoms with Gasteiger partial charge >= 0.3 is 18.2 Å². The molecule has 0 spiro atoms. The second kappa shape index (κ2) is 16.1. The number of pyridine rings is 1. The minimum Gasteiger partial charge on any atom is -0.462 e. The summed E-state index contributed by atoms with van der Waals surface area (Å²) in [6.07, 6.45) is 1.01. The molecule has 0 aliphatic rings. The molecule has 16 heteroatoms. The van der Waals surface area contributed by atoms with Crippen molar-refractivity contribution in [1.29, 1.82) is 0 Å². The lowest BCUT2D eigenvalue weighted by molar-refractivity contribution is 0.0518. The molecule has 1 unspecified atom stereocenters. The average Bonchev–Trinajstić information content (AvgIpc) is 3.45. The number of rotatable bonds is 12. The van der Waals surface area contributed by atoms with Crippen LogP contribution in [0.3, 0.4) is 0 Å². The number of anilines is 2. The van der Waals surface area contributed by atoms with Crippen molar-refractivity contribution in [2.75, 3.05) is 23.8 Å². The summed E-state index contributed by atoms with van der Waals surface area (Å²) in [4.78, 5) is 47.0. The number of carbonyl (C=O) groups is 3. The molecule has 3 N–H and O–H groups in total. The van der Waals surface area contributed by atoms with Gasteiger partial charge in [0.1, 0.15) is 28.4 Å². The van der Waals surface area contributed by atoms with Gasteiger partial charge in [-0.2, -0.15) is 9.61 Å². The smallest absolute Gasteiger partial charge is 0.413 e. The van der Waals surface area contributed by atoms with E-state index < -0.39 is 35.2 Å². The Morgan fingerprint density at radius 3 is 2.34 bits per heavy atom. The van der Waals surface area contributed by atoms with Crippen LogP contribution in [-0.4, -0.2) is 67.3 Å². The normalized spacial score (nSPS) is 12.2. The summed E-state index contributed by atoms with van der Waals surface area (Å²) in [6, 6.07) is 10.3. The van der Waals surface area contributed by atoms with Gasteiger partial charge in [-0.3, -0.25) is 5.32 Å². The summed E-state index contributed by atoms with van der Waals surface area (Å²) >= 11 is 1.03. The van der Waals surface area contributed by atoms with Crippen LogP contribution in [0.25, 0.3) is 16.8 Å². The second-order valence-corrected chi connectivity index (χ2v) is 14.2. The summed E-state index contributed by atoms with van der Waals surface area (Å²) in [5.41, 5.74) is 0.0841. The Labute approximate surface area is 294 Å². The van der Waals surface area contributed by atoms with Crippen molar-refractivity contribution in [3.8, 4) is 17.0 Å². The molecule has 2 amide bonds. The van der Waals surface area contributed by atoms with Crippen molar-refractivity contribution in [2.45, 2.75) is 78.4 Å². The molecule has 268 valence electrons. The molecule has 3 aromatic heterocycles. The van der Waals surface area contributed by atoms with E-state index >= 15 is 0 Å². The molecule has 0 aliphatic heterocycles. The van der Waals surface area contributed by atoms with Crippen LogP contribution in [0.5, 0.6) is 5.88 Å². The molecular formula is C34H42FN7O7S. The molecule has 1 aromatic carbocycles. The van der Waals surface area contributed by atoms with E-state index in [1.165, 1.54) is 16.8 Å². The third kappa shape index (κ3) is 10.4. The number of alkyl carbamates (subject to hydrolysis) is 1. The monoisotopic (exact) mass is 711 g/mol. The van der Waals surface area contributed by atoms with Gasteiger partial charge in [-0.1, -0.05) is 30.3 Å². The summed E-state index contributed by atoms with van der Waals surface area (Å²) in [7, 11) is 0. The fourth-order valence-electron chi connectivity index (χ4n) is 4.42. The molecular weight excluding hydrogens is 669 g/mol. The number of ether oxygens (including phenoxy) is 3. The summed E-state index contributed by atoms with van der Waals surface area (Å²) in [5, 5.41) is 12.8. The van der Waals surface area contributed by atoms with E-state index in [2.05, 4.69) is 26.0 Å². The molecule has 0 radical (unpaired) electrons. The maximum Gasteiger partial charge on any atom is 0.413 e. The van der Waals surface area contributed by atoms with Crippen LogP contribution in [0.15, 0.2) is 48.8 Å². The first-order valence-corrected chi connectivity index (χ1v) is 16.7. The molecule has 0 fully saturated rings. The molecule has 1 atom stereocenters. The standard InChI is InChI=1S/C34H42FN7O7S/c1-9-46-30(43)24-19-39-42-27(24)40-26(25(21-13-11-10-12-14-21)28(42)41-32(45)48-34(6,7)8)36-17-22-15-23(35)18-37-29(22)49-50-20(2)16-38-31(44)47-33(3,4)5/h10-15,18-20H,9,16-17H2,1-8H3,(H,36,40)(H,38,44)(H,41,45). The van der Waals surface area contributed by atoms with Crippen molar-refractivity contribution >= 4 is 47.5 Å². The van der Waals surface area contributed by atoms with E-state index in [1.54, 1.807) is 48.5 Å². The fraction of sp³-hybridized carbons (Fsp3) is 0.412. The van der Waals surface area contributed by atoms with E-state index in [0.29, 0.717) is 16.7 Å². The lowest BCUT2D eigenvalue weighted by Crippen LogP contribution is -2.35. The number of halogens is 1. The zero-order valence-electron chi connectivity index (χ0n) is 29.3. The number of nitrogens with one attached hydrogen (secondary N) is 3. The number of amides is 2. The Bertz CT molecular complexity index is 1820. The molecule has 50 heavy (non-hydrogen) atoms. The van der Waals surface area contributed by atoms with Gasteiger partial charge in [0, 0.05) is 18.7 Å². The summed E-state index contributed by atoms with van der Waals surface area (Å²) in [5.74, 6) is -0.756. The number of fused-ring (bicyclic) bond motifs is 1. The van der Waals surface area contributed by atoms with Gasteiger partial charge in [0.2, 0.25) is 5.88 Å². The zero-order chi connectivity index (χ0) is 36.6. The molecule has 4 rings (SSSR count). The first kappa shape index (κ1) is 37.7. The molecule has 0 bridgehead atoms. The largest absolute Gasteiger partial charge is 0.462 e. The summed E-state index contributed by atoms with van der Waals surface area (Å²) in [6.45, 7) is 14.3. The Morgan fingerprint density at radius 1 is 1.00 bits per heavy atom. The van der Waals surface area contributed by atoms with Crippen LogP contribution in [0.2, 0.25) is 0 Å². The number of nitrogens with zero attached hydrogens (tertiary/aromatic N) is 4. The predicted octanol–water partition coefficient (Wildman–Crippen LogP) is 7.01. The number of esters is 1. The highest BCUT2D eigenvalue weighted by molar-refractivity contribution is 7.95. The topological polar surface area (TPSA) is 167 Å². The summed E-state index contributed by atoms with van der Waals surface area (Å²) < 4.78 is 37.8. The molecule has 4 aromatic rings. The Balaban J connectivity index is 1.70. The van der Waals surface area contributed by atoms with Gasteiger partial charge in [-0.25, -0.2) is 28.7 Å².